The molecule has 1 aromatic heterocycles. The molecule has 0 fully saturated rings. The molecule has 1 aromatic rings. The summed E-state index contributed by atoms with van der Waals surface area (Å²) in [6.07, 6.45) is 4.91. The van der Waals surface area contributed by atoms with Gasteiger partial charge in [-0.15, -0.1) is 4.99 Å². The zero-order chi connectivity index (χ0) is 9.23. The first-order valence-corrected chi connectivity index (χ1v) is 3.10. The minimum Gasteiger partial charge on any atom is -0.369 e. The van der Waals surface area contributed by atoms with Gasteiger partial charge in [0.25, 0.3) is 0 Å². The van der Waals surface area contributed by atoms with E-state index in [-0.39, 0.29) is 5.96 Å². The van der Waals surface area contributed by atoms with E-state index >= 15 is 0 Å². The van der Waals surface area contributed by atoms with E-state index in [1.807, 2.05) is 18.2 Å². The fraction of sp³-hybridized carbons (Fsp3) is 0. The van der Waals surface area contributed by atoms with Gasteiger partial charge in [0.15, 0.2) is 0 Å². The van der Waals surface area contributed by atoms with E-state index in [0.29, 0.717) is 0 Å². The lowest BCUT2D eigenvalue weighted by Crippen LogP contribution is -2.21. The van der Waals surface area contributed by atoms with Crippen molar-refractivity contribution < 1.29 is 0 Å². The van der Waals surface area contributed by atoms with Gasteiger partial charge in [0.05, 0.1) is 0 Å². The highest BCUT2D eigenvalue weighted by atomic mass is 15.0. The van der Waals surface area contributed by atoms with Crippen LogP contribution < -0.4 is 11.5 Å². The molecule has 0 atom stereocenters. The molecule has 0 aliphatic carbocycles. The van der Waals surface area contributed by atoms with Gasteiger partial charge in [-0.2, -0.15) is 5.26 Å². The lowest BCUT2D eigenvalue weighted by molar-refractivity contribution is 1.33. The number of hydrogen-bond donors (Lipinski definition) is 2. The lowest BCUT2D eigenvalue weighted by Gasteiger charge is -1.74. The summed E-state index contributed by atoms with van der Waals surface area (Å²) in [5.74, 6) is -0.197. The molecule has 5 nitrogen and oxygen atoms in total. The second kappa shape index (κ2) is 7.02. The first-order valence-electron chi connectivity index (χ1n) is 3.10. The monoisotopic (exact) mass is 163 g/mol. The number of pyridine rings is 1. The highest BCUT2D eigenvalue weighted by Gasteiger charge is 1.67. The van der Waals surface area contributed by atoms with Crippen LogP contribution in [0.1, 0.15) is 0 Å². The van der Waals surface area contributed by atoms with Gasteiger partial charge in [0, 0.05) is 12.4 Å². The van der Waals surface area contributed by atoms with Crippen LogP contribution in [0.25, 0.3) is 0 Å². The molecule has 0 aliphatic rings. The van der Waals surface area contributed by atoms with E-state index < -0.39 is 0 Å². The molecule has 0 aromatic carbocycles. The summed E-state index contributed by atoms with van der Waals surface area (Å²) >= 11 is 0. The molecular formula is C7H9N5. The molecule has 0 saturated carbocycles. The zero-order valence-electron chi connectivity index (χ0n) is 6.38. The van der Waals surface area contributed by atoms with E-state index in [4.69, 9.17) is 16.7 Å². The van der Waals surface area contributed by atoms with E-state index in [0.717, 1.165) is 0 Å². The molecule has 5 heteroatoms. The molecule has 0 aliphatic heterocycles. The molecule has 0 spiro atoms. The van der Waals surface area contributed by atoms with Gasteiger partial charge < -0.3 is 11.5 Å². The minimum absolute atomic E-state index is 0.197. The first kappa shape index (κ1) is 9.91. The van der Waals surface area contributed by atoms with E-state index in [1.54, 1.807) is 12.4 Å². The summed E-state index contributed by atoms with van der Waals surface area (Å²) in [5.41, 5.74) is 9.42. The lowest BCUT2D eigenvalue weighted by atomic mass is 10.5. The number of nitrogens with zero attached hydrogens (tertiary/aromatic N) is 3. The Morgan fingerprint density at radius 2 is 1.83 bits per heavy atom. The normalized spacial score (nSPS) is 6.92. The van der Waals surface area contributed by atoms with Gasteiger partial charge in [0.1, 0.15) is 0 Å². The van der Waals surface area contributed by atoms with E-state index in [9.17, 15) is 0 Å². The predicted molar refractivity (Wildman–Crippen MR) is 45.7 cm³/mol. The zero-order valence-corrected chi connectivity index (χ0v) is 6.38. The maximum Gasteiger partial charge on any atom is 0.209 e. The standard InChI is InChI=1S/C5H5N.C2H4N4/c1-2-4-6-5-3-1;3-1-6-2(4)5/h1-5H;(H4,4,5,6). The van der Waals surface area contributed by atoms with Gasteiger partial charge in [-0.1, -0.05) is 6.07 Å². The van der Waals surface area contributed by atoms with Gasteiger partial charge in [0.2, 0.25) is 12.2 Å². The maximum atomic E-state index is 7.64. The SMILES string of the molecule is N#CN=C(N)N.c1ccncc1. The van der Waals surface area contributed by atoms with Crippen LogP contribution >= 0.6 is 0 Å². The second-order valence-corrected chi connectivity index (χ2v) is 1.66. The number of hydrogen-bond acceptors (Lipinski definition) is 3. The molecule has 0 bridgehead atoms. The average molecular weight is 163 g/mol. The first-order chi connectivity index (χ1) is 5.77. The van der Waals surface area contributed by atoms with Crippen molar-refractivity contribution in [3.63, 3.8) is 0 Å². The Balaban J connectivity index is 0.000000202. The van der Waals surface area contributed by atoms with Crippen molar-refractivity contribution in [2.24, 2.45) is 16.5 Å². The van der Waals surface area contributed by atoms with Crippen molar-refractivity contribution in [3.05, 3.63) is 30.6 Å². The Hall–Kier alpha value is -2.09. The summed E-state index contributed by atoms with van der Waals surface area (Å²) < 4.78 is 0. The fourth-order valence-electron chi connectivity index (χ4n) is 0.370. The van der Waals surface area contributed by atoms with Crippen LogP contribution in [0.2, 0.25) is 0 Å². The van der Waals surface area contributed by atoms with Crippen LogP contribution in [0.5, 0.6) is 0 Å². The van der Waals surface area contributed by atoms with Crippen molar-refractivity contribution in [2.75, 3.05) is 0 Å². The summed E-state index contributed by atoms with van der Waals surface area (Å²) in [6.45, 7) is 0. The van der Waals surface area contributed by atoms with Crippen LogP contribution in [0.4, 0.5) is 0 Å². The number of nitriles is 1. The maximum absolute atomic E-state index is 7.64. The molecule has 12 heavy (non-hydrogen) atoms. The van der Waals surface area contributed by atoms with Gasteiger partial charge in [-0.05, 0) is 12.1 Å². The molecular weight excluding hydrogens is 154 g/mol. The smallest absolute Gasteiger partial charge is 0.209 e. The van der Waals surface area contributed by atoms with E-state index in [1.165, 1.54) is 6.19 Å². The quantitative estimate of drug-likeness (QED) is 0.314. The van der Waals surface area contributed by atoms with Gasteiger partial charge in [-0.25, -0.2) is 0 Å². The summed E-state index contributed by atoms with van der Waals surface area (Å²) in [7, 11) is 0. The van der Waals surface area contributed by atoms with Crippen LogP contribution in [0.15, 0.2) is 35.6 Å². The second-order valence-electron chi connectivity index (χ2n) is 1.66. The molecule has 0 amide bonds. The molecule has 4 N–H and O–H groups in total. The number of rotatable bonds is 0. The average Bonchev–Trinajstić information content (AvgIpc) is 2.08. The highest BCUT2D eigenvalue weighted by molar-refractivity contribution is 5.76. The fourth-order valence-corrected chi connectivity index (χ4v) is 0.370. The van der Waals surface area contributed by atoms with Crippen LogP contribution in [-0.4, -0.2) is 10.9 Å². The van der Waals surface area contributed by atoms with Crippen molar-refractivity contribution in [2.45, 2.75) is 0 Å². The third-order valence-electron chi connectivity index (χ3n) is 0.746. The summed E-state index contributed by atoms with van der Waals surface area (Å²) in [6, 6.07) is 5.72. The number of aliphatic imine (C=N–C) groups is 1. The third-order valence-corrected chi connectivity index (χ3v) is 0.746. The Kier molecular flexibility index (Phi) is 5.80. The molecule has 62 valence electrons. The molecule has 1 rings (SSSR count). The number of aromatic nitrogens is 1. The Morgan fingerprint density at radius 3 is 1.92 bits per heavy atom. The van der Waals surface area contributed by atoms with E-state index in [2.05, 4.69) is 9.98 Å². The predicted octanol–water partition coefficient (Wildman–Crippen LogP) is -0.178. The number of nitrogens with two attached hydrogens (primary N) is 2. The van der Waals surface area contributed by atoms with Crippen LogP contribution in [0.3, 0.4) is 0 Å². The molecule has 0 unspecified atom stereocenters. The van der Waals surface area contributed by atoms with Crippen molar-refractivity contribution in [1.29, 1.82) is 5.26 Å². The summed E-state index contributed by atoms with van der Waals surface area (Å²) in [4.78, 5) is 6.69. The largest absolute Gasteiger partial charge is 0.369 e. The van der Waals surface area contributed by atoms with Crippen LogP contribution in [-0.2, 0) is 0 Å². The van der Waals surface area contributed by atoms with Crippen molar-refractivity contribution >= 4 is 5.96 Å². The topological polar surface area (TPSA) is 101 Å². The Labute approximate surface area is 70.4 Å². The Morgan fingerprint density at radius 1 is 1.25 bits per heavy atom. The molecule has 0 radical (unpaired) electrons. The summed E-state index contributed by atoms with van der Waals surface area (Å²) in [5, 5.41) is 7.64. The molecule has 0 saturated heterocycles. The Bertz CT molecular complexity index is 230. The van der Waals surface area contributed by atoms with Gasteiger partial charge >= 0.3 is 0 Å². The number of guanidine groups is 1. The highest BCUT2D eigenvalue weighted by Crippen LogP contribution is 1.73. The minimum atomic E-state index is -0.197. The van der Waals surface area contributed by atoms with Crippen molar-refractivity contribution in [3.8, 4) is 6.19 Å². The molecule has 1 heterocycles. The van der Waals surface area contributed by atoms with Crippen LogP contribution in [0, 0.1) is 11.5 Å². The van der Waals surface area contributed by atoms with Crippen molar-refractivity contribution in [1.82, 2.24) is 4.98 Å². The van der Waals surface area contributed by atoms with Gasteiger partial charge in [-0.3, -0.25) is 4.98 Å². The third kappa shape index (κ3) is 7.91.